The fourth-order valence-electron chi connectivity index (χ4n) is 1.23. The summed E-state index contributed by atoms with van der Waals surface area (Å²) in [5.74, 6) is -2.66. The molecule has 0 unspecified atom stereocenters. The second kappa shape index (κ2) is 13.2. The van der Waals surface area contributed by atoms with E-state index in [9.17, 15) is 19.2 Å². The molecule has 1 saturated heterocycles. The van der Waals surface area contributed by atoms with E-state index >= 15 is 0 Å². The van der Waals surface area contributed by atoms with E-state index in [0.717, 1.165) is 0 Å². The van der Waals surface area contributed by atoms with Crippen molar-refractivity contribution in [1.29, 1.82) is 0 Å². The first-order chi connectivity index (χ1) is 10.6. The topological polar surface area (TPSA) is 118 Å². The van der Waals surface area contributed by atoms with Crippen LogP contribution in [-0.2, 0) is 23.9 Å². The molecule has 0 amide bonds. The molecule has 0 radical (unpaired) electrons. The van der Waals surface area contributed by atoms with Gasteiger partial charge < -0.3 is 14.9 Å². The molecule has 0 aromatic heterocycles. The van der Waals surface area contributed by atoms with Crippen LogP contribution in [0.2, 0.25) is 0 Å². The Kier molecular flexibility index (Phi) is 17.2. The summed E-state index contributed by atoms with van der Waals surface area (Å²) in [6, 6.07) is 0. The van der Waals surface area contributed by atoms with Gasteiger partial charge in [-0.25, -0.2) is 0 Å². The molecule has 1 aliphatic rings. The van der Waals surface area contributed by atoms with E-state index < -0.39 is 40.1 Å². The number of aliphatic carboxylic acids is 2. The van der Waals surface area contributed by atoms with Crippen molar-refractivity contribution in [1.82, 2.24) is 0 Å². The molecule has 7 nitrogen and oxygen atoms in total. The van der Waals surface area contributed by atoms with E-state index in [0.29, 0.717) is 5.92 Å². The molecular formula is C15H23K3O7. The fourth-order valence-corrected chi connectivity index (χ4v) is 1.23. The van der Waals surface area contributed by atoms with Gasteiger partial charge in [-0.3, -0.25) is 25.1 Å². The standard InChI is InChI=1S/C8H14O4.C7H9O3.3K/c1-7(2,5(9)10)8(3,4)6(11)12;1-4-5(8)10-6(9)7(4,2)3;;;/h1-4H3,(H,9,10)(H,11,12);1-3H3;;;/q;-1;;;+1. The number of carbonyl (C=O) groups is 4. The number of hydrogen-bond donors (Lipinski definition) is 2. The van der Waals surface area contributed by atoms with Crippen LogP contribution in [0.25, 0.3) is 0 Å². The fraction of sp³-hybridized carbons (Fsp3) is 0.667. The Morgan fingerprint density at radius 3 is 1.36 bits per heavy atom. The van der Waals surface area contributed by atoms with Gasteiger partial charge in [0.25, 0.3) is 5.97 Å². The van der Waals surface area contributed by atoms with E-state index in [4.69, 9.17) is 10.2 Å². The Labute approximate surface area is 236 Å². The number of hydrogen-bond acceptors (Lipinski definition) is 5. The normalized spacial score (nSPS) is 15.7. The Hall–Kier alpha value is 2.86. The van der Waals surface area contributed by atoms with Crippen molar-refractivity contribution in [2.24, 2.45) is 16.2 Å². The summed E-state index contributed by atoms with van der Waals surface area (Å²) in [5, 5.41) is 17.5. The first-order valence-electron chi connectivity index (χ1n) is 7.67. The summed E-state index contributed by atoms with van der Waals surface area (Å²) in [7, 11) is 0. The first kappa shape index (κ1) is 32.5. The Balaban J connectivity index is -0.000000342. The molecule has 0 atom stereocenters. The monoisotopic (exact) mass is 432 g/mol. The summed E-state index contributed by atoms with van der Waals surface area (Å²) in [4.78, 5) is 43.0. The van der Waals surface area contributed by atoms with Gasteiger partial charge in [-0.2, -0.15) is 6.92 Å². The predicted molar refractivity (Wildman–Crippen MR) is 88.1 cm³/mol. The van der Waals surface area contributed by atoms with Crippen LogP contribution in [0.3, 0.4) is 0 Å². The summed E-state index contributed by atoms with van der Waals surface area (Å²) in [6.07, 6.45) is 0. The molecule has 0 aromatic carbocycles. The molecule has 0 bridgehead atoms. The summed E-state index contributed by atoms with van der Waals surface area (Å²) in [6.45, 7) is 10.6. The molecule has 0 aliphatic carbocycles. The van der Waals surface area contributed by atoms with Crippen molar-refractivity contribution < 1.29 is 85.5 Å². The van der Waals surface area contributed by atoms with Gasteiger partial charge in [0.15, 0.2) is 5.97 Å². The second-order valence-electron chi connectivity index (χ2n) is 6.79. The molecule has 128 valence electrons. The van der Waals surface area contributed by atoms with Crippen LogP contribution in [0.4, 0.5) is 0 Å². The maximum atomic E-state index is 10.9. The number of ether oxygens (including phenoxy) is 1. The van der Waals surface area contributed by atoms with Crippen LogP contribution in [0, 0.1) is 22.2 Å². The Bertz CT molecular complexity index is 489. The zero-order chi connectivity index (χ0) is 20.1. The third-order valence-electron chi connectivity index (χ3n) is 4.57. The number of esters is 2. The molecule has 10 heteroatoms. The molecule has 1 fully saturated rings. The minimum absolute atomic E-state index is 0. The quantitative estimate of drug-likeness (QED) is 0.232. The van der Waals surface area contributed by atoms with Crippen molar-refractivity contribution in [3.8, 4) is 0 Å². The molecule has 1 aliphatic heterocycles. The Morgan fingerprint density at radius 2 is 1.28 bits per heavy atom. The number of rotatable bonds is 3. The van der Waals surface area contributed by atoms with E-state index in [1.54, 1.807) is 20.8 Å². The van der Waals surface area contributed by atoms with E-state index in [1.807, 2.05) is 0 Å². The number of cyclic esters (lactones) is 2. The average Bonchev–Trinajstić information content (AvgIpc) is 2.64. The van der Waals surface area contributed by atoms with Gasteiger partial charge in [-0.1, -0.05) is 13.8 Å². The predicted octanol–water partition coefficient (Wildman–Crippen LogP) is -1.86. The van der Waals surface area contributed by atoms with E-state index in [2.05, 4.69) is 4.74 Å². The van der Waals surface area contributed by atoms with Crippen molar-refractivity contribution in [3.63, 3.8) is 0 Å². The van der Waals surface area contributed by atoms with Crippen molar-refractivity contribution in [3.05, 3.63) is 5.92 Å². The zero-order valence-electron chi connectivity index (χ0n) is 16.9. The third kappa shape index (κ3) is 8.63. The van der Waals surface area contributed by atoms with Crippen LogP contribution >= 0.6 is 0 Å². The first-order valence-corrected chi connectivity index (χ1v) is 23.7. The SMILES string of the molecule is CC(C)(C(=O)O)C(C)(C)C(=O)O.C[C-]1C(=O)OC(=O)C1(C)C.[K+].[K][K]. The van der Waals surface area contributed by atoms with Crippen LogP contribution < -0.4 is 51.4 Å². The second-order valence-corrected chi connectivity index (χ2v) is 6.79. The van der Waals surface area contributed by atoms with E-state index in [1.165, 1.54) is 90.8 Å². The van der Waals surface area contributed by atoms with Gasteiger partial charge in [0, 0.05) is 0 Å². The van der Waals surface area contributed by atoms with Crippen LogP contribution in [-0.4, -0.2) is 97.2 Å². The Morgan fingerprint density at radius 1 is 1.00 bits per heavy atom. The van der Waals surface area contributed by atoms with E-state index in [-0.39, 0.29) is 51.4 Å². The summed E-state index contributed by atoms with van der Waals surface area (Å²) in [5.41, 5.74) is -3.24. The zero-order valence-corrected chi connectivity index (χ0v) is 26.3. The van der Waals surface area contributed by atoms with Gasteiger partial charge >= 0.3 is 126 Å². The third-order valence-corrected chi connectivity index (χ3v) is 4.57. The minimum atomic E-state index is -1.27. The molecule has 2 N–H and O–H groups in total. The van der Waals surface area contributed by atoms with Crippen LogP contribution in [0.15, 0.2) is 0 Å². The van der Waals surface area contributed by atoms with Gasteiger partial charge in [-0.05, 0) is 33.1 Å². The molecule has 0 aromatic rings. The van der Waals surface area contributed by atoms with Gasteiger partial charge in [0.1, 0.15) is 0 Å². The number of carboxylic acids is 2. The molecular weight excluding hydrogens is 409 g/mol. The molecule has 0 spiro atoms. The van der Waals surface area contributed by atoms with Crippen molar-refractivity contribution in [2.45, 2.75) is 48.5 Å². The van der Waals surface area contributed by atoms with Gasteiger partial charge in [-0.15, -0.1) is 0 Å². The summed E-state index contributed by atoms with van der Waals surface area (Å²) >= 11 is 2.50. The van der Waals surface area contributed by atoms with Crippen LogP contribution in [0.1, 0.15) is 48.5 Å². The average molecular weight is 433 g/mol. The van der Waals surface area contributed by atoms with Crippen LogP contribution in [0.5, 0.6) is 0 Å². The summed E-state index contributed by atoms with van der Waals surface area (Å²) < 4.78 is 4.37. The maximum absolute atomic E-state index is 10.9. The molecule has 1 heterocycles. The molecule has 1 rings (SSSR count). The van der Waals surface area contributed by atoms with Crippen molar-refractivity contribution >= 4 is 87.0 Å². The number of carboxylic acid groups (broad SMARTS) is 2. The van der Waals surface area contributed by atoms with Gasteiger partial charge in [0.2, 0.25) is 0 Å². The molecule has 0 saturated carbocycles. The van der Waals surface area contributed by atoms with Crippen molar-refractivity contribution in [2.75, 3.05) is 0 Å². The number of carbonyl (C=O) groups excluding carboxylic acids is 2. The van der Waals surface area contributed by atoms with Gasteiger partial charge in [0.05, 0.1) is 10.8 Å². The molecule has 25 heavy (non-hydrogen) atoms.